The third-order valence-electron chi connectivity index (χ3n) is 6.99. The minimum Gasteiger partial charge on any atom is -0.342 e. The second-order valence-corrected chi connectivity index (χ2v) is 10.6. The summed E-state index contributed by atoms with van der Waals surface area (Å²) in [5.41, 5.74) is 10.0. The van der Waals surface area contributed by atoms with Crippen molar-refractivity contribution < 1.29 is 0 Å². The number of aromatic nitrogens is 4. The third kappa shape index (κ3) is 3.49. The van der Waals surface area contributed by atoms with E-state index in [0.717, 1.165) is 59.4 Å². The Bertz CT molecular complexity index is 1350. The minimum atomic E-state index is 0.0470. The van der Waals surface area contributed by atoms with Gasteiger partial charge in [-0.1, -0.05) is 47.1 Å². The zero-order valence-electron chi connectivity index (χ0n) is 17.8. The molecule has 0 unspecified atom stereocenters. The number of hydrogen-bond acceptors (Lipinski definition) is 6. The lowest BCUT2D eigenvalue weighted by Crippen LogP contribution is -2.45. The van der Waals surface area contributed by atoms with Crippen LogP contribution < -0.4 is 10.6 Å². The van der Waals surface area contributed by atoms with Gasteiger partial charge in [0.15, 0.2) is 5.65 Å². The van der Waals surface area contributed by atoms with Crippen molar-refractivity contribution in [2.24, 2.45) is 11.1 Å². The summed E-state index contributed by atoms with van der Waals surface area (Å²) in [7, 11) is 0. The SMILES string of the molecule is N[C@H]1c2cccnc2CC12CCN(c1ncc(Sc3cccc(Cl)c3Cl)c3nccn13)CC2. The number of benzene rings is 1. The fourth-order valence-corrected chi connectivity index (χ4v) is 6.57. The van der Waals surface area contributed by atoms with Crippen molar-refractivity contribution in [3.8, 4) is 0 Å². The van der Waals surface area contributed by atoms with Gasteiger partial charge in [-0.05, 0) is 48.4 Å². The van der Waals surface area contributed by atoms with Gasteiger partial charge in [0, 0.05) is 54.5 Å². The maximum atomic E-state index is 6.72. The van der Waals surface area contributed by atoms with Gasteiger partial charge in [0.25, 0.3) is 0 Å². The molecule has 0 bridgehead atoms. The number of anilines is 1. The van der Waals surface area contributed by atoms with Crippen LogP contribution in [0.5, 0.6) is 0 Å². The number of rotatable bonds is 3. The van der Waals surface area contributed by atoms with Crippen molar-refractivity contribution in [2.45, 2.75) is 35.1 Å². The van der Waals surface area contributed by atoms with Gasteiger partial charge in [-0.25, -0.2) is 9.97 Å². The molecule has 1 saturated heterocycles. The summed E-state index contributed by atoms with van der Waals surface area (Å²) in [4.78, 5) is 18.2. The van der Waals surface area contributed by atoms with Crippen molar-refractivity contribution in [1.82, 2.24) is 19.4 Å². The van der Waals surface area contributed by atoms with Gasteiger partial charge in [-0.15, -0.1) is 0 Å². The monoisotopic (exact) mass is 496 g/mol. The molecule has 1 aliphatic carbocycles. The molecule has 2 aliphatic rings. The molecule has 33 heavy (non-hydrogen) atoms. The van der Waals surface area contributed by atoms with E-state index in [1.807, 2.05) is 43.0 Å². The molecule has 1 aromatic carbocycles. The van der Waals surface area contributed by atoms with Crippen molar-refractivity contribution in [1.29, 1.82) is 0 Å². The number of halogens is 2. The van der Waals surface area contributed by atoms with E-state index >= 15 is 0 Å². The van der Waals surface area contributed by atoms with Crippen LogP contribution in [-0.4, -0.2) is 32.4 Å². The lowest BCUT2D eigenvalue weighted by Gasteiger charge is -2.42. The number of piperidine rings is 1. The van der Waals surface area contributed by atoms with E-state index in [-0.39, 0.29) is 11.5 Å². The lowest BCUT2D eigenvalue weighted by molar-refractivity contribution is 0.186. The van der Waals surface area contributed by atoms with E-state index in [9.17, 15) is 0 Å². The lowest BCUT2D eigenvalue weighted by atomic mass is 9.73. The zero-order chi connectivity index (χ0) is 22.6. The van der Waals surface area contributed by atoms with E-state index in [2.05, 4.69) is 25.3 Å². The molecule has 168 valence electrons. The summed E-state index contributed by atoms with van der Waals surface area (Å²) in [6, 6.07) is 9.80. The highest BCUT2D eigenvalue weighted by atomic mass is 35.5. The number of nitrogens with zero attached hydrogens (tertiary/aromatic N) is 5. The smallest absolute Gasteiger partial charge is 0.211 e. The maximum absolute atomic E-state index is 6.72. The highest BCUT2D eigenvalue weighted by Gasteiger charge is 2.46. The molecule has 0 amide bonds. The molecule has 4 aromatic rings. The minimum absolute atomic E-state index is 0.0470. The molecule has 0 radical (unpaired) electrons. The van der Waals surface area contributed by atoms with Crippen molar-refractivity contribution in [2.75, 3.05) is 18.0 Å². The number of nitrogens with two attached hydrogens (primary N) is 1. The van der Waals surface area contributed by atoms with Crippen LogP contribution in [0.1, 0.15) is 30.1 Å². The molecule has 4 heterocycles. The van der Waals surface area contributed by atoms with Gasteiger partial charge in [0.05, 0.1) is 14.9 Å². The van der Waals surface area contributed by atoms with Crippen LogP contribution in [0.3, 0.4) is 0 Å². The molecule has 6 rings (SSSR count). The van der Waals surface area contributed by atoms with Crippen LogP contribution in [0, 0.1) is 5.41 Å². The Morgan fingerprint density at radius 3 is 2.67 bits per heavy atom. The molecule has 6 nitrogen and oxygen atoms in total. The molecular weight excluding hydrogens is 475 g/mol. The first-order chi connectivity index (χ1) is 16.1. The fraction of sp³-hybridized carbons (Fsp3) is 0.292. The number of pyridine rings is 1. The Balaban J connectivity index is 1.25. The van der Waals surface area contributed by atoms with Crippen LogP contribution in [0.25, 0.3) is 5.65 Å². The quantitative estimate of drug-likeness (QED) is 0.407. The Morgan fingerprint density at radius 1 is 1.00 bits per heavy atom. The summed E-state index contributed by atoms with van der Waals surface area (Å²) in [6.07, 6.45) is 10.5. The molecule has 2 N–H and O–H groups in total. The summed E-state index contributed by atoms with van der Waals surface area (Å²) < 4.78 is 2.06. The fourth-order valence-electron chi connectivity index (χ4n) is 5.17. The first-order valence-corrected chi connectivity index (χ1v) is 12.5. The molecule has 3 aromatic heterocycles. The second-order valence-electron chi connectivity index (χ2n) is 8.74. The van der Waals surface area contributed by atoms with Crippen LogP contribution in [0.4, 0.5) is 5.95 Å². The predicted molar refractivity (Wildman–Crippen MR) is 132 cm³/mol. The van der Waals surface area contributed by atoms with Gasteiger partial charge in [0.2, 0.25) is 5.95 Å². The molecule has 9 heteroatoms. The summed E-state index contributed by atoms with van der Waals surface area (Å²) in [5, 5.41) is 1.08. The molecular formula is C24H22Cl2N6S. The van der Waals surface area contributed by atoms with Crippen molar-refractivity contribution >= 4 is 46.6 Å². The molecule has 0 saturated carbocycles. The maximum Gasteiger partial charge on any atom is 0.211 e. The van der Waals surface area contributed by atoms with Gasteiger partial charge >= 0.3 is 0 Å². The topological polar surface area (TPSA) is 72.3 Å². The highest BCUT2D eigenvalue weighted by molar-refractivity contribution is 7.99. The first-order valence-electron chi connectivity index (χ1n) is 10.9. The van der Waals surface area contributed by atoms with Gasteiger partial charge in [0.1, 0.15) is 0 Å². The normalized spacial score (nSPS) is 19.4. The summed E-state index contributed by atoms with van der Waals surface area (Å²) in [5.74, 6) is 0.904. The second kappa shape index (κ2) is 8.17. The molecule has 1 fully saturated rings. The Morgan fingerprint density at radius 2 is 1.85 bits per heavy atom. The summed E-state index contributed by atoms with van der Waals surface area (Å²) in [6.45, 7) is 1.79. The molecule has 1 aliphatic heterocycles. The van der Waals surface area contributed by atoms with E-state index < -0.39 is 0 Å². The van der Waals surface area contributed by atoms with Crippen LogP contribution in [-0.2, 0) is 6.42 Å². The van der Waals surface area contributed by atoms with Gasteiger partial charge < -0.3 is 10.6 Å². The first kappa shape index (κ1) is 21.2. The average molecular weight is 497 g/mol. The highest BCUT2D eigenvalue weighted by Crippen LogP contribution is 2.50. The van der Waals surface area contributed by atoms with E-state index in [0.29, 0.717) is 10.0 Å². The van der Waals surface area contributed by atoms with E-state index in [1.54, 1.807) is 6.07 Å². The Labute approximate surface area is 206 Å². The van der Waals surface area contributed by atoms with Gasteiger partial charge in [-0.3, -0.25) is 9.38 Å². The third-order valence-corrected chi connectivity index (χ3v) is 8.99. The van der Waals surface area contributed by atoms with Crippen molar-refractivity contribution in [3.05, 3.63) is 76.4 Å². The standard InChI is InChI=1S/C24H22Cl2N6S/c25-16-4-1-5-18(20(16)26)33-19-14-30-23(32-12-9-29-22(19)32)31-10-6-24(7-11-31)13-17-15(21(24)27)3-2-8-28-17/h1-5,8-9,12,14,21H,6-7,10-11,13,27H2/t21-/m0/s1. The van der Waals surface area contributed by atoms with E-state index in [4.69, 9.17) is 33.9 Å². The molecule has 1 spiro atoms. The van der Waals surface area contributed by atoms with Crippen molar-refractivity contribution in [3.63, 3.8) is 0 Å². The van der Waals surface area contributed by atoms with Crippen LogP contribution >= 0.6 is 35.0 Å². The van der Waals surface area contributed by atoms with Crippen LogP contribution in [0.15, 0.2) is 64.9 Å². The summed E-state index contributed by atoms with van der Waals surface area (Å²) >= 11 is 14.1. The van der Waals surface area contributed by atoms with Gasteiger partial charge in [-0.2, -0.15) is 0 Å². The largest absolute Gasteiger partial charge is 0.342 e. The molecule has 1 atom stereocenters. The Kier molecular flexibility index (Phi) is 5.25. The van der Waals surface area contributed by atoms with Crippen LogP contribution in [0.2, 0.25) is 10.0 Å². The van der Waals surface area contributed by atoms with E-state index in [1.165, 1.54) is 17.3 Å². The number of fused-ring (bicyclic) bond motifs is 2. The Hall–Kier alpha value is -2.32. The number of imidazole rings is 1. The zero-order valence-corrected chi connectivity index (χ0v) is 20.1. The predicted octanol–water partition coefficient (Wildman–Crippen LogP) is 5.43. The number of hydrogen-bond donors (Lipinski definition) is 1. The average Bonchev–Trinajstić information content (AvgIpc) is 3.42.